The zero-order valence-electron chi connectivity index (χ0n) is 14.1. The fraction of sp³-hybridized carbons (Fsp3) is 0.632. The van der Waals surface area contributed by atoms with E-state index in [1.165, 1.54) is 12.8 Å². The minimum absolute atomic E-state index is 0.120. The molecule has 2 saturated heterocycles. The van der Waals surface area contributed by atoms with E-state index in [2.05, 4.69) is 12.2 Å². The summed E-state index contributed by atoms with van der Waals surface area (Å²) >= 11 is 0. The molecule has 0 aliphatic carbocycles. The summed E-state index contributed by atoms with van der Waals surface area (Å²) in [6, 6.07) is 7.70. The number of hydrogen-bond acceptors (Lipinski definition) is 3. The van der Waals surface area contributed by atoms with Gasteiger partial charge in [0.2, 0.25) is 0 Å². The van der Waals surface area contributed by atoms with E-state index in [-0.39, 0.29) is 5.91 Å². The SMILES string of the molecule is CC1CCN(C(=O)c2ccccc2OCC2CCCNC2)CC1. The number of amides is 1. The summed E-state index contributed by atoms with van der Waals surface area (Å²) in [6.45, 7) is 6.80. The number of para-hydroxylation sites is 1. The van der Waals surface area contributed by atoms with Gasteiger partial charge in [0, 0.05) is 25.6 Å². The Labute approximate surface area is 139 Å². The Hall–Kier alpha value is -1.55. The molecule has 0 radical (unpaired) electrons. The molecule has 2 heterocycles. The van der Waals surface area contributed by atoms with Crippen LogP contribution >= 0.6 is 0 Å². The molecule has 2 fully saturated rings. The van der Waals surface area contributed by atoms with E-state index in [0.717, 1.165) is 50.7 Å². The Balaban J connectivity index is 1.63. The van der Waals surface area contributed by atoms with E-state index in [0.29, 0.717) is 18.1 Å². The fourth-order valence-corrected chi connectivity index (χ4v) is 3.43. The van der Waals surface area contributed by atoms with Crippen LogP contribution in [0.2, 0.25) is 0 Å². The predicted octanol–water partition coefficient (Wildman–Crippen LogP) is 2.94. The maximum absolute atomic E-state index is 12.8. The van der Waals surface area contributed by atoms with Gasteiger partial charge in [0.05, 0.1) is 12.2 Å². The molecule has 2 aliphatic rings. The smallest absolute Gasteiger partial charge is 0.257 e. The molecule has 0 bridgehead atoms. The van der Waals surface area contributed by atoms with E-state index in [4.69, 9.17) is 4.74 Å². The van der Waals surface area contributed by atoms with Gasteiger partial charge in [-0.25, -0.2) is 0 Å². The molecule has 1 N–H and O–H groups in total. The van der Waals surface area contributed by atoms with E-state index < -0.39 is 0 Å². The van der Waals surface area contributed by atoms with Crippen LogP contribution in [0.25, 0.3) is 0 Å². The minimum atomic E-state index is 0.120. The van der Waals surface area contributed by atoms with E-state index in [9.17, 15) is 4.79 Å². The van der Waals surface area contributed by atoms with Crippen LogP contribution < -0.4 is 10.1 Å². The lowest BCUT2D eigenvalue weighted by Gasteiger charge is -2.31. The summed E-state index contributed by atoms with van der Waals surface area (Å²) in [5.74, 6) is 2.13. The van der Waals surface area contributed by atoms with Crippen molar-refractivity contribution in [3.05, 3.63) is 29.8 Å². The normalized spacial score (nSPS) is 22.8. The maximum atomic E-state index is 12.8. The highest BCUT2D eigenvalue weighted by molar-refractivity contribution is 5.97. The molecular formula is C19H28N2O2. The van der Waals surface area contributed by atoms with Crippen LogP contribution in [0, 0.1) is 11.8 Å². The first-order chi connectivity index (χ1) is 11.2. The van der Waals surface area contributed by atoms with Gasteiger partial charge in [-0.1, -0.05) is 19.1 Å². The number of nitrogens with zero attached hydrogens (tertiary/aromatic N) is 1. The van der Waals surface area contributed by atoms with Crippen molar-refractivity contribution in [1.82, 2.24) is 10.2 Å². The van der Waals surface area contributed by atoms with Gasteiger partial charge < -0.3 is 15.0 Å². The molecule has 2 aliphatic heterocycles. The summed E-state index contributed by atoms with van der Waals surface area (Å²) in [5.41, 5.74) is 0.714. The van der Waals surface area contributed by atoms with Crippen molar-refractivity contribution in [1.29, 1.82) is 0 Å². The molecule has 1 atom stereocenters. The van der Waals surface area contributed by atoms with E-state index in [1.807, 2.05) is 29.2 Å². The van der Waals surface area contributed by atoms with Gasteiger partial charge in [-0.3, -0.25) is 4.79 Å². The second-order valence-corrected chi connectivity index (χ2v) is 6.99. The summed E-state index contributed by atoms with van der Waals surface area (Å²) in [7, 11) is 0. The molecule has 1 aromatic rings. The molecule has 0 spiro atoms. The largest absolute Gasteiger partial charge is 0.492 e. The van der Waals surface area contributed by atoms with Crippen LogP contribution in [-0.4, -0.2) is 43.6 Å². The summed E-state index contributed by atoms with van der Waals surface area (Å²) < 4.78 is 6.02. The van der Waals surface area contributed by atoms with Crippen molar-refractivity contribution in [2.75, 3.05) is 32.8 Å². The van der Waals surface area contributed by atoms with Gasteiger partial charge in [0.25, 0.3) is 5.91 Å². The third-order valence-corrected chi connectivity index (χ3v) is 5.06. The van der Waals surface area contributed by atoms with Crippen LogP contribution in [0.1, 0.15) is 43.0 Å². The number of carbonyl (C=O) groups excluding carboxylic acids is 1. The molecular weight excluding hydrogens is 288 g/mol. The van der Waals surface area contributed by atoms with Crippen LogP contribution in [0.4, 0.5) is 0 Å². The lowest BCUT2D eigenvalue weighted by atomic mass is 9.98. The fourth-order valence-electron chi connectivity index (χ4n) is 3.43. The molecule has 4 nitrogen and oxygen atoms in total. The second-order valence-electron chi connectivity index (χ2n) is 6.99. The molecule has 1 unspecified atom stereocenters. The van der Waals surface area contributed by atoms with Crippen LogP contribution in [0.3, 0.4) is 0 Å². The number of piperidine rings is 2. The Bertz CT molecular complexity index is 518. The second kappa shape index (κ2) is 7.82. The van der Waals surface area contributed by atoms with Gasteiger partial charge in [-0.2, -0.15) is 0 Å². The Morgan fingerprint density at radius 1 is 1.26 bits per heavy atom. The summed E-state index contributed by atoms with van der Waals surface area (Å²) in [5, 5.41) is 3.41. The number of rotatable bonds is 4. The van der Waals surface area contributed by atoms with Crippen LogP contribution in [0.15, 0.2) is 24.3 Å². The number of carbonyl (C=O) groups is 1. The monoisotopic (exact) mass is 316 g/mol. The quantitative estimate of drug-likeness (QED) is 0.928. The first-order valence-corrected chi connectivity index (χ1v) is 8.96. The first kappa shape index (κ1) is 16.3. The predicted molar refractivity (Wildman–Crippen MR) is 91.8 cm³/mol. The Kier molecular flexibility index (Phi) is 5.55. The number of ether oxygens (including phenoxy) is 1. The van der Waals surface area contributed by atoms with Gasteiger partial charge in [0.15, 0.2) is 0 Å². The zero-order chi connectivity index (χ0) is 16.1. The number of nitrogens with one attached hydrogen (secondary N) is 1. The van der Waals surface area contributed by atoms with Crippen molar-refractivity contribution in [3.63, 3.8) is 0 Å². The third-order valence-electron chi connectivity index (χ3n) is 5.06. The molecule has 1 amide bonds. The maximum Gasteiger partial charge on any atom is 0.257 e. The van der Waals surface area contributed by atoms with Crippen LogP contribution in [0.5, 0.6) is 5.75 Å². The van der Waals surface area contributed by atoms with Gasteiger partial charge in [0.1, 0.15) is 5.75 Å². The number of benzene rings is 1. The van der Waals surface area contributed by atoms with Crippen molar-refractivity contribution in [2.24, 2.45) is 11.8 Å². The minimum Gasteiger partial charge on any atom is -0.492 e. The molecule has 3 rings (SSSR count). The van der Waals surface area contributed by atoms with Crippen molar-refractivity contribution < 1.29 is 9.53 Å². The van der Waals surface area contributed by atoms with Crippen molar-refractivity contribution >= 4 is 5.91 Å². The standard InChI is InChI=1S/C19H28N2O2/c1-15-8-11-21(12-9-15)19(22)17-6-2-3-7-18(17)23-14-16-5-4-10-20-13-16/h2-3,6-7,15-16,20H,4-5,8-14H2,1H3. The lowest BCUT2D eigenvalue weighted by molar-refractivity contribution is 0.0691. The Morgan fingerprint density at radius 2 is 2.04 bits per heavy atom. The highest BCUT2D eigenvalue weighted by Crippen LogP contribution is 2.24. The lowest BCUT2D eigenvalue weighted by Crippen LogP contribution is -2.38. The molecule has 126 valence electrons. The summed E-state index contributed by atoms with van der Waals surface area (Å²) in [6.07, 6.45) is 4.61. The molecule has 0 saturated carbocycles. The number of hydrogen-bond donors (Lipinski definition) is 1. The third kappa shape index (κ3) is 4.25. The number of likely N-dealkylation sites (tertiary alicyclic amines) is 1. The molecule has 0 aromatic heterocycles. The van der Waals surface area contributed by atoms with Gasteiger partial charge >= 0.3 is 0 Å². The highest BCUT2D eigenvalue weighted by atomic mass is 16.5. The van der Waals surface area contributed by atoms with Crippen LogP contribution in [-0.2, 0) is 0 Å². The highest BCUT2D eigenvalue weighted by Gasteiger charge is 2.24. The average Bonchev–Trinajstić information content (AvgIpc) is 2.61. The molecule has 1 aromatic carbocycles. The zero-order valence-corrected chi connectivity index (χ0v) is 14.1. The average molecular weight is 316 g/mol. The van der Waals surface area contributed by atoms with Gasteiger partial charge in [-0.15, -0.1) is 0 Å². The molecule has 4 heteroatoms. The first-order valence-electron chi connectivity index (χ1n) is 8.96. The van der Waals surface area contributed by atoms with E-state index >= 15 is 0 Å². The van der Waals surface area contributed by atoms with Crippen molar-refractivity contribution in [2.45, 2.75) is 32.6 Å². The molecule has 23 heavy (non-hydrogen) atoms. The Morgan fingerprint density at radius 3 is 2.78 bits per heavy atom. The van der Waals surface area contributed by atoms with E-state index in [1.54, 1.807) is 0 Å². The van der Waals surface area contributed by atoms with Crippen molar-refractivity contribution in [3.8, 4) is 5.75 Å². The summed E-state index contributed by atoms with van der Waals surface area (Å²) in [4.78, 5) is 14.8. The van der Waals surface area contributed by atoms with Gasteiger partial charge in [-0.05, 0) is 50.3 Å². The topological polar surface area (TPSA) is 41.6 Å².